The number of amides is 3. The molecule has 1 fully saturated rings. The van der Waals surface area contributed by atoms with E-state index in [1.54, 1.807) is 12.1 Å². The molecule has 0 unspecified atom stereocenters. The van der Waals surface area contributed by atoms with Crippen LogP contribution in [0, 0.1) is 0 Å². The van der Waals surface area contributed by atoms with Crippen molar-refractivity contribution in [2.75, 3.05) is 19.6 Å². The summed E-state index contributed by atoms with van der Waals surface area (Å²) in [5.74, 6) is -0.122. The number of nitrogens with zero attached hydrogens (tertiary/aromatic N) is 1. The predicted molar refractivity (Wildman–Crippen MR) is 68.3 cm³/mol. The lowest BCUT2D eigenvalue weighted by Gasteiger charge is -2.26. The van der Waals surface area contributed by atoms with Gasteiger partial charge in [-0.2, -0.15) is 0 Å². The lowest BCUT2D eigenvalue weighted by atomic mass is 10.2. The van der Waals surface area contributed by atoms with Gasteiger partial charge in [0.2, 0.25) is 5.91 Å². The van der Waals surface area contributed by atoms with Crippen molar-refractivity contribution in [3.05, 3.63) is 34.9 Å². The number of halogens is 1. The summed E-state index contributed by atoms with van der Waals surface area (Å²) in [6.45, 7) is 1.59. The summed E-state index contributed by atoms with van der Waals surface area (Å²) >= 11 is 5.77. The van der Waals surface area contributed by atoms with E-state index in [9.17, 15) is 9.59 Å². The predicted octanol–water partition coefficient (Wildman–Crippen LogP) is 0.981. The summed E-state index contributed by atoms with van der Waals surface area (Å²) < 4.78 is 0. The summed E-state index contributed by atoms with van der Waals surface area (Å²) in [5, 5.41) is 6.11. The highest BCUT2D eigenvalue weighted by molar-refractivity contribution is 6.30. The smallest absolute Gasteiger partial charge is 0.318 e. The molecule has 5 nitrogen and oxygen atoms in total. The molecule has 0 bridgehead atoms. The maximum Gasteiger partial charge on any atom is 0.318 e. The quantitative estimate of drug-likeness (QED) is 0.839. The van der Waals surface area contributed by atoms with Crippen LogP contribution in [-0.4, -0.2) is 36.5 Å². The van der Waals surface area contributed by atoms with Crippen molar-refractivity contribution in [1.29, 1.82) is 0 Å². The Balaban J connectivity index is 1.84. The molecule has 96 valence electrons. The van der Waals surface area contributed by atoms with E-state index in [2.05, 4.69) is 10.6 Å². The van der Waals surface area contributed by atoms with Gasteiger partial charge in [-0.05, 0) is 17.7 Å². The van der Waals surface area contributed by atoms with E-state index < -0.39 is 0 Å². The van der Waals surface area contributed by atoms with Gasteiger partial charge in [-0.3, -0.25) is 4.79 Å². The van der Waals surface area contributed by atoms with Gasteiger partial charge < -0.3 is 15.5 Å². The fraction of sp³-hybridized carbons (Fsp3) is 0.333. The van der Waals surface area contributed by atoms with E-state index in [0.29, 0.717) is 24.7 Å². The van der Waals surface area contributed by atoms with Crippen LogP contribution >= 0.6 is 11.6 Å². The average Bonchev–Trinajstić information content (AvgIpc) is 2.38. The van der Waals surface area contributed by atoms with Crippen molar-refractivity contribution >= 4 is 23.5 Å². The third-order valence-electron chi connectivity index (χ3n) is 2.68. The highest BCUT2D eigenvalue weighted by Crippen LogP contribution is 2.09. The van der Waals surface area contributed by atoms with Gasteiger partial charge in [-0.25, -0.2) is 4.79 Å². The standard InChI is InChI=1S/C12H14ClN3O2/c13-10-3-1-9(2-4-10)7-15-12(18)16-6-5-14-11(17)8-16/h1-4H,5-8H2,(H,14,17)(H,15,18). The van der Waals surface area contributed by atoms with Crippen LogP contribution in [0.25, 0.3) is 0 Å². The second kappa shape index (κ2) is 5.73. The van der Waals surface area contributed by atoms with Gasteiger partial charge in [0.05, 0.1) is 0 Å². The number of carbonyl (C=O) groups excluding carboxylic acids is 2. The Kier molecular flexibility index (Phi) is 4.04. The van der Waals surface area contributed by atoms with Crippen molar-refractivity contribution < 1.29 is 9.59 Å². The Morgan fingerprint density at radius 1 is 1.39 bits per heavy atom. The van der Waals surface area contributed by atoms with E-state index in [0.717, 1.165) is 5.56 Å². The zero-order valence-electron chi connectivity index (χ0n) is 9.78. The van der Waals surface area contributed by atoms with Crippen LogP contribution in [0.3, 0.4) is 0 Å². The van der Waals surface area contributed by atoms with Crippen LogP contribution < -0.4 is 10.6 Å². The van der Waals surface area contributed by atoms with Gasteiger partial charge in [-0.1, -0.05) is 23.7 Å². The zero-order chi connectivity index (χ0) is 13.0. The summed E-state index contributed by atoms with van der Waals surface area (Å²) in [4.78, 5) is 24.4. The number of piperazine rings is 1. The highest BCUT2D eigenvalue weighted by Gasteiger charge is 2.20. The molecular weight excluding hydrogens is 254 g/mol. The molecule has 1 heterocycles. The number of hydrogen-bond donors (Lipinski definition) is 2. The number of benzene rings is 1. The number of nitrogens with one attached hydrogen (secondary N) is 2. The topological polar surface area (TPSA) is 61.4 Å². The Morgan fingerprint density at radius 2 is 2.11 bits per heavy atom. The molecule has 2 rings (SSSR count). The van der Waals surface area contributed by atoms with Crippen LogP contribution in [0.4, 0.5) is 4.79 Å². The van der Waals surface area contributed by atoms with E-state index in [1.165, 1.54) is 4.90 Å². The zero-order valence-corrected chi connectivity index (χ0v) is 10.5. The normalized spacial score (nSPS) is 15.2. The minimum Gasteiger partial charge on any atom is -0.353 e. The molecule has 0 radical (unpaired) electrons. The molecule has 0 aliphatic carbocycles. The summed E-state index contributed by atoms with van der Waals surface area (Å²) in [7, 11) is 0. The molecule has 0 saturated carbocycles. The molecule has 0 spiro atoms. The fourth-order valence-corrected chi connectivity index (χ4v) is 1.83. The van der Waals surface area contributed by atoms with Crippen LogP contribution in [0.1, 0.15) is 5.56 Å². The molecule has 1 aromatic rings. The number of carbonyl (C=O) groups is 2. The van der Waals surface area contributed by atoms with Crippen LogP contribution in [0.5, 0.6) is 0 Å². The minimum absolute atomic E-state index is 0.118. The first-order chi connectivity index (χ1) is 8.65. The molecule has 1 aliphatic rings. The molecule has 6 heteroatoms. The monoisotopic (exact) mass is 267 g/mol. The van der Waals surface area contributed by atoms with E-state index >= 15 is 0 Å². The number of hydrogen-bond acceptors (Lipinski definition) is 2. The maximum absolute atomic E-state index is 11.8. The SMILES string of the molecule is O=C1CN(C(=O)NCc2ccc(Cl)cc2)CCN1. The second-order valence-electron chi connectivity index (χ2n) is 4.06. The van der Waals surface area contributed by atoms with Crippen molar-refractivity contribution in [2.45, 2.75) is 6.54 Å². The van der Waals surface area contributed by atoms with Gasteiger partial charge in [0.15, 0.2) is 0 Å². The third kappa shape index (κ3) is 3.37. The van der Waals surface area contributed by atoms with Gasteiger partial charge in [0.1, 0.15) is 6.54 Å². The molecule has 0 atom stereocenters. The molecule has 1 aromatic carbocycles. The van der Waals surface area contributed by atoms with Gasteiger partial charge in [0, 0.05) is 24.7 Å². The number of urea groups is 1. The van der Waals surface area contributed by atoms with Crippen LogP contribution in [0.2, 0.25) is 5.02 Å². The lowest BCUT2D eigenvalue weighted by molar-refractivity contribution is -0.123. The first-order valence-corrected chi connectivity index (χ1v) is 6.07. The number of rotatable bonds is 2. The third-order valence-corrected chi connectivity index (χ3v) is 2.93. The largest absolute Gasteiger partial charge is 0.353 e. The van der Waals surface area contributed by atoms with Gasteiger partial charge >= 0.3 is 6.03 Å². The molecule has 18 heavy (non-hydrogen) atoms. The molecule has 1 saturated heterocycles. The Morgan fingerprint density at radius 3 is 2.78 bits per heavy atom. The molecule has 1 aliphatic heterocycles. The first-order valence-electron chi connectivity index (χ1n) is 5.69. The lowest BCUT2D eigenvalue weighted by Crippen LogP contribution is -2.52. The van der Waals surface area contributed by atoms with Gasteiger partial charge in [-0.15, -0.1) is 0 Å². The van der Waals surface area contributed by atoms with Crippen molar-refractivity contribution in [3.63, 3.8) is 0 Å². The van der Waals surface area contributed by atoms with Crippen molar-refractivity contribution in [1.82, 2.24) is 15.5 Å². The summed E-state index contributed by atoms with van der Waals surface area (Å²) in [6.07, 6.45) is 0. The first kappa shape index (κ1) is 12.7. The summed E-state index contributed by atoms with van der Waals surface area (Å²) in [6, 6.07) is 7.03. The van der Waals surface area contributed by atoms with E-state index in [-0.39, 0.29) is 18.5 Å². The van der Waals surface area contributed by atoms with Gasteiger partial charge in [0.25, 0.3) is 0 Å². The van der Waals surface area contributed by atoms with Crippen molar-refractivity contribution in [2.24, 2.45) is 0 Å². The summed E-state index contributed by atoms with van der Waals surface area (Å²) in [5.41, 5.74) is 0.967. The average molecular weight is 268 g/mol. The second-order valence-corrected chi connectivity index (χ2v) is 4.49. The highest BCUT2D eigenvalue weighted by atomic mass is 35.5. The van der Waals surface area contributed by atoms with E-state index in [4.69, 9.17) is 11.6 Å². The van der Waals surface area contributed by atoms with Crippen LogP contribution in [-0.2, 0) is 11.3 Å². The minimum atomic E-state index is -0.222. The maximum atomic E-state index is 11.8. The van der Waals surface area contributed by atoms with Crippen LogP contribution in [0.15, 0.2) is 24.3 Å². The Bertz CT molecular complexity index is 447. The molecular formula is C12H14ClN3O2. The Labute approximate surface area is 110 Å². The van der Waals surface area contributed by atoms with E-state index in [1.807, 2.05) is 12.1 Å². The molecule has 0 aromatic heterocycles. The fourth-order valence-electron chi connectivity index (χ4n) is 1.70. The molecule has 2 N–H and O–H groups in total. The molecule has 3 amide bonds. The Hall–Kier alpha value is -1.75. The van der Waals surface area contributed by atoms with Crippen molar-refractivity contribution in [3.8, 4) is 0 Å².